The van der Waals surface area contributed by atoms with Crippen LogP contribution in [0.5, 0.6) is 0 Å². The number of halogens is 2. The van der Waals surface area contributed by atoms with Crippen molar-refractivity contribution in [3.63, 3.8) is 0 Å². The van der Waals surface area contributed by atoms with Gasteiger partial charge < -0.3 is 9.64 Å². The van der Waals surface area contributed by atoms with E-state index in [-0.39, 0.29) is 5.91 Å². The van der Waals surface area contributed by atoms with Crippen molar-refractivity contribution in [1.29, 1.82) is 0 Å². The molecular weight excluding hydrogens is 276 g/mol. The molecule has 0 saturated carbocycles. The SMILES string of the molecule is CN1C(=O)[C@]2(OC2c2cccc(F)c2)c2cc(F)ccc21. The van der Waals surface area contributed by atoms with E-state index in [1.807, 2.05) is 0 Å². The standard InChI is InChI=1S/C16H11F2NO2/c1-19-13-6-5-11(18)8-12(13)16(15(19)20)14(21-16)9-3-2-4-10(17)7-9/h2-8,14H,1H3/t14?,16-/m0/s1. The van der Waals surface area contributed by atoms with Crippen LogP contribution in [-0.2, 0) is 15.1 Å². The molecule has 2 aromatic carbocycles. The van der Waals surface area contributed by atoms with Gasteiger partial charge in [-0.2, -0.15) is 0 Å². The van der Waals surface area contributed by atoms with E-state index in [4.69, 9.17) is 4.74 Å². The Balaban J connectivity index is 1.84. The fraction of sp³-hybridized carbons (Fsp3) is 0.188. The van der Waals surface area contributed by atoms with Crippen LogP contribution in [0.25, 0.3) is 0 Å². The number of carbonyl (C=O) groups is 1. The predicted octanol–water partition coefficient (Wildman–Crippen LogP) is 2.91. The number of likely N-dealkylation sites (N-methyl/N-ethyl adjacent to an activating group) is 1. The van der Waals surface area contributed by atoms with Crippen LogP contribution in [0.2, 0.25) is 0 Å². The van der Waals surface area contributed by atoms with Gasteiger partial charge >= 0.3 is 0 Å². The zero-order chi connectivity index (χ0) is 14.8. The maximum atomic E-state index is 13.5. The normalized spacial score (nSPS) is 26.3. The zero-order valence-electron chi connectivity index (χ0n) is 11.1. The lowest BCUT2D eigenvalue weighted by Crippen LogP contribution is -2.29. The molecule has 2 aliphatic rings. The minimum atomic E-state index is -1.21. The van der Waals surface area contributed by atoms with E-state index < -0.39 is 23.3 Å². The van der Waals surface area contributed by atoms with Gasteiger partial charge in [0.25, 0.3) is 5.91 Å². The van der Waals surface area contributed by atoms with E-state index in [9.17, 15) is 13.6 Å². The van der Waals surface area contributed by atoms with Crippen LogP contribution in [0.3, 0.4) is 0 Å². The van der Waals surface area contributed by atoms with Gasteiger partial charge in [-0.3, -0.25) is 4.79 Å². The van der Waals surface area contributed by atoms with E-state index in [0.29, 0.717) is 16.8 Å². The van der Waals surface area contributed by atoms with Gasteiger partial charge in [0.05, 0.1) is 5.69 Å². The molecule has 5 heteroatoms. The topological polar surface area (TPSA) is 32.8 Å². The lowest BCUT2D eigenvalue weighted by Gasteiger charge is -2.08. The average Bonchev–Trinajstić information content (AvgIpc) is 3.18. The summed E-state index contributed by atoms with van der Waals surface area (Å²) in [6.45, 7) is 0. The Morgan fingerprint density at radius 3 is 2.67 bits per heavy atom. The number of benzene rings is 2. The van der Waals surface area contributed by atoms with Crippen molar-refractivity contribution in [3.8, 4) is 0 Å². The van der Waals surface area contributed by atoms with Crippen LogP contribution < -0.4 is 4.90 Å². The molecule has 0 N–H and O–H groups in total. The molecule has 0 aromatic heterocycles. The second-order valence-corrected chi connectivity index (χ2v) is 5.31. The number of ether oxygens (including phenoxy) is 1. The largest absolute Gasteiger partial charge is 0.345 e. The third-order valence-electron chi connectivity index (χ3n) is 4.11. The Kier molecular flexibility index (Phi) is 2.31. The molecule has 2 aliphatic heterocycles. The van der Waals surface area contributed by atoms with Crippen molar-refractivity contribution in [2.45, 2.75) is 11.7 Å². The molecule has 0 aliphatic carbocycles. The molecule has 1 unspecified atom stereocenters. The van der Waals surface area contributed by atoms with Gasteiger partial charge in [0.2, 0.25) is 5.60 Å². The first-order valence-electron chi connectivity index (χ1n) is 6.55. The highest BCUT2D eigenvalue weighted by atomic mass is 19.1. The van der Waals surface area contributed by atoms with Crippen LogP contribution in [0.4, 0.5) is 14.5 Å². The fourth-order valence-electron chi connectivity index (χ4n) is 3.06. The molecule has 1 fully saturated rings. The first-order valence-corrected chi connectivity index (χ1v) is 6.55. The van der Waals surface area contributed by atoms with Gasteiger partial charge in [-0.05, 0) is 35.9 Å². The molecular formula is C16H11F2NO2. The maximum absolute atomic E-state index is 13.5. The molecule has 3 nitrogen and oxygen atoms in total. The second kappa shape index (κ2) is 3.89. The van der Waals surface area contributed by atoms with Crippen molar-refractivity contribution in [2.75, 3.05) is 11.9 Å². The van der Waals surface area contributed by atoms with Crippen LogP contribution in [0.1, 0.15) is 17.2 Å². The molecule has 2 aromatic rings. The first-order chi connectivity index (χ1) is 10.0. The van der Waals surface area contributed by atoms with Crippen molar-refractivity contribution >= 4 is 11.6 Å². The smallest absolute Gasteiger partial charge is 0.266 e. The van der Waals surface area contributed by atoms with Crippen molar-refractivity contribution in [2.24, 2.45) is 0 Å². The molecule has 0 bridgehead atoms. The molecule has 2 heterocycles. The second-order valence-electron chi connectivity index (χ2n) is 5.31. The Morgan fingerprint density at radius 1 is 1.14 bits per heavy atom. The zero-order valence-corrected chi connectivity index (χ0v) is 11.1. The summed E-state index contributed by atoms with van der Waals surface area (Å²) in [5, 5.41) is 0. The molecule has 1 amide bonds. The Hall–Kier alpha value is -2.27. The molecule has 1 spiro atoms. The number of hydrogen-bond acceptors (Lipinski definition) is 2. The van der Waals surface area contributed by atoms with Gasteiger partial charge in [-0.1, -0.05) is 12.1 Å². The summed E-state index contributed by atoms with van der Waals surface area (Å²) in [6, 6.07) is 10.1. The lowest BCUT2D eigenvalue weighted by atomic mass is 9.93. The number of fused-ring (bicyclic) bond motifs is 2. The number of epoxide rings is 1. The summed E-state index contributed by atoms with van der Waals surface area (Å²) in [7, 11) is 1.62. The predicted molar refractivity (Wildman–Crippen MR) is 71.7 cm³/mol. The number of carbonyl (C=O) groups excluding carboxylic acids is 1. The van der Waals surface area contributed by atoms with Crippen molar-refractivity contribution < 1.29 is 18.3 Å². The summed E-state index contributed by atoms with van der Waals surface area (Å²) < 4.78 is 32.5. The Bertz CT molecular complexity index is 777. The molecule has 2 atom stereocenters. The number of amides is 1. The van der Waals surface area contributed by atoms with Gasteiger partial charge in [0.1, 0.15) is 17.7 Å². The average molecular weight is 287 g/mol. The summed E-state index contributed by atoms with van der Waals surface area (Å²) >= 11 is 0. The van der Waals surface area contributed by atoms with E-state index in [2.05, 4.69) is 0 Å². The van der Waals surface area contributed by atoms with E-state index in [0.717, 1.165) is 0 Å². The van der Waals surface area contributed by atoms with Gasteiger partial charge in [0, 0.05) is 12.6 Å². The molecule has 21 heavy (non-hydrogen) atoms. The third kappa shape index (κ3) is 1.52. The van der Waals surface area contributed by atoms with Gasteiger partial charge in [0.15, 0.2) is 0 Å². The minimum absolute atomic E-state index is 0.252. The van der Waals surface area contributed by atoms with Crippen LogP contribution in [0, 0.1) is 11.6 Å². The monoisotopic (exact) mass is 287 g/mol. The first kappa shape index (κ1) is 12.5. The quantitative estimate of drug-likeness (QED) is 0.756. The number of rotatable bonds is 1. The fourth-order valence-corrected chi connectivity index (χ4v) is 3.06. The Morgan fingerprint density at radius 2 is 1.90 bits per heavy atom. The summed E-state index contributed by atoms with van der Waals surface area (Å²) in [5.74, 6) is -1.07. The lowest BCUT2D eigenvalue weighted by molar-refractivity contribution is -0.122. The van der Waals surface area contributed by atoms with Crippen LogP contribution in [0.15, 0.2) is 42.5 Å². The van der Waals surface area contributed by atoms with Crippen molar-refractivity contribution in [3.05, 3.63) is 65.2 Å². The van der Waals surface area contributed by atoms with Gasteiger partial charge in [-0.15, -0.1) is 0 Å². The molecule has 0 radical (unpaired) electrons. The van der Waals surface area contributed by atoms with Gasteiger partial charge in [-0.25, -0.2) is 8.78 Å². The highest BCUT2D eigenvalue weighted by Gasteiger charge is 2.69. The van der Waals surface area contributed by atoms with Crippen molar-refractivity contribution in [1.82, 2.24) is 0 Å². The Labute approximate surface area is 119 Å². The number of nitrogens with zero attached hydrogens (tertiary/aromatic N) is 1. The summed E-state index contributed by atoms with van der Waals surface area (Å²) in [6.07, 6.45) is -0.578. The minimum Gasteiger partial charge on any atom is -0.345 e. The van der Waals surface area contributed by atoms with Crippen LogP contribution >= 0.6 is 0 Å². The molecule has 4 rings (SSSR count). The highest BCUT2D eigenvalue weighted by Crippen LogP contribution is 2.63. The number of hydrogen-bond donors (Lipinski definition) is 0. The van der Waals surface area contributed by atoms with E-state index in [1.54, 1.807) is 25.2 Å². The number of anilines is 1. The summed E-state index contributed by atoms with van der Waals surface area (Å²) in [5.41, 5.74) is 0.499. The molecule has 1 saturated heterocycles. The maximum Gasteiger partial charge on any atom is 0.266 e. The van der Waals surface area contributed by atoms with E-state index in [1.165, 1.54) is 29.2 Å². The third-order valence-corrected chi connectivity index (χ3v) is 4.11. The summed E-state index contributed by atoms with van der Waals surface area (Å²) in [4.78, 5) is 14.0. The van der Waals surface area contributed by atoms with E-state index >= 15 is 0 Å². The molecule has 106 valence electrons. The van der Waals surface area contributed by atoms with Crippen LogP contribution in [-0.4, -0.2) is 13.0 Å². The highest BCUT2D eigenvalue weighted by molar-refractivity contribution is 6.09.